The van der Waals surface area contributed by atoms with E-state index < -0.39 is 6.10 Å². The van der Waals surface area contributed by atoms with Gasteiger partial charge in [-0.1, -0.05) is 30.3 Å². The number of aliphatic hydroxyl groups is 1. The van der Waals surface area contributed by atoms with E-state index in [2.05, 4.69) is 29.1 Å². The molecule has 0 aliphatic heterocycles. The summed E-state index contributed by atoms with van der Waals surface area (Å²) >= 11 is 0. The molecule has 1 N–H and O–H groups in total. The van der Waals surface area contributed by atoms with Crippen molar-refractivity contribution in [1.82, 2.24) is 9.88 Å². The van der Waals surface area contributed by atoms with Gasteiger partial charge < -0.3 is 10.0 Å². The van der Waals surface area contributed by atoms with Gasteiger partial charge in [-0.05, 0) is 36.2 Å². The number of pyridine rings is 1. The van der Waals surface area contributed by atoms with E-state index in [0.29, 0.717) is 0 Å². The van der Waals surface area contributed by atoms with E-state index >= 15 is 0 Å². The third-order valence-electron chi connectivity index (χ3n) is 4.43. The zero-order valence-corrected chi connectivity index (χ0v) is 13.4. The molecule has 0 unspecified atom stereocenters. The lowest BCUT2D eigenvalue weighted by molar-refractivity contribution is 0.0721. The predicted molar refractivity (Wildman–Crippen MR) is 88.9 cm³/mol. The third kappa shape index (κ3) is 2.85. The fourth-order valence-electron chi connectivity index (χ4n) is 3.13. The van der Waals surface area contributed by atoms with Gasteiger partial charge in [0.25, 0.3) is 0 Å². The number of rotatable bonds is 4. The minimum atomic E-state index is -0.407. The van der Waals surface area contributed by atoms with Crippen LogP contribution in [0.15, 0.2) is 42.6 Å². The molecule has 0 amide bonds. The molecule has 0 saturated carbocycles. The van der Waals surface area contributed by atoms with Crippen LogP contribution in [0.3, 0.4) is 0 Å². The van der Waals surface area contributed by atoms with Crippen LogP contribution in [0.25, 0.3) is 0 Å². The van der Waals surface area contributed by atoms with Crippen molar-refractivity contribution in [2.75, 3.05) is 26.0 Å². The van der Waals surface area contributed by atoms with Crippen LogP contribution in [0.1, 0.15) is 22.8 Å². The summed E-state index contributed by atoms with van der Waals surface area (Å²) in [5, 5.41) is 10.5. The maximum Gasteiger partial charge on any atom is 0.127 e. The molecule has 4 nitrogen and oxygen atoms in total. The molecule has 1 aliphatic carbocycles. The third-order valence-corrected chi connectivity index (χ3v) is 4.43. The van der Waals surface area contributed by atoms with Crippen LogP contribution in [0.5, 0.6) is 0 Å². The highest BCUT2D eigenvalue weighted by atomic mass is 16.3. The normalized spacial score (nSPS) is 20.2. The quantitative estimate of drug-likeness (QED) is 0.939. The predicted octanol–water partition coefficient (Wildman–Crippen LogP) is 2.24. The molecule has 1 heterocycles. The van der Waals surface area contributed by atoms with Crippen molar-refractivity contribution in [1.29, 1.82) is 0 Å². The van der Waals surface area contributed by atoms with Gasteiger partial charge in [0.2, 0.25) is 0 Å². The molecule has 2 aromatic rings. The number of hydrogen-bond acceptors (Lipinski definition) is 4. The SMILES string of the molecule is CN(C)c1ccc(CN(C)[C@@H]2Cc3ccccc3[C@H]2O)cn1. The van der Waals surface area contributed by atoms with E-state index in [1.54, 1.807) is 0 Å². The standard InChI is InChI=1S/C18H23N3O/c1-20(2)17-9-8-13(11-19-17)12-21(3)16-10-14-6-4-5-7-15(14)18(16)22/h4-9,11,16,18,22H,10,12H2,1-3H3/t16-,18-/m1/s1. The monoisotopic (exact) mass is 297 g/mol. The number of hydrogen-bond donors (Lipinski definition) is 1. The van der Waals surface area contributed by atoms with E-state index in [9.17, 15) is 5.11 Å². The summed E-state index contributed by atoms with van der Waals surface area (Å²) in [5.41, 5.74) is 3.49. The Labute approximate surface area is 132 Å². The lowest BCUT2D eigenvalue weighted by Crippen LogP contribution is -2.34. The summed E-state index contributed by atoms with van der Waals surface area (Å²) in [4.78, 5) is 8.66. The minimum Gasteiger partial charge on any atom is -0.387 e. The number of aromatic nitrogens is 1. The van der Waals surface area contributed by atoms with Crippen LogP contribution < -0.4 is 4.90 Å². The minimum absolute atomic E-state index is 0.130. The Morgan fingerprint density at radius 2 is 1.91 bits per heavy atom. The molecule has 0 spiro atoms. The summed E-state index contributed by atoms with van der Waals surface area (Å²) in [6, 6.07) is 12.4. The van der Waals surface area contributed by atoms with Crippen LogP contribution in [-0.4, -0.2) is 42.2 Å². The first kappa shape index (κ1) is 15.0. The summed E-state index contributed by atoms with van der Waals surface area (Å²) in [7, 11) is 6.04. The first-order valence-corrected chi connectivity index (χ1v) is 7.64. The van der Waals surface area contributed by atoms with Crippen molar-refractivity contribution in [3.8, 4) is 0 Å². The summed E-state index contributed by atoms with van der Waals surface area (Å²) in [5.74, 6) is 0.958. The molecule has 22 heavy (non-hydrogen) atoms. The molecule has 0 radical (unpaired) electrons. The number of fused-ring (bicyclic) bond motifs is 1. The Kier molecular flexibility index (Phi) is 4.14. The van der Waals surface area contributed by atoms with Gasteiger partial charge in [-0.25, -0.2) is 4.98 Å². The fraction of sp³-hybridized carbons (Fsp3) is 0.389. The molecule has 0 bridgehead atoms. The lowest BCUT2D eigenvalue weighted by atomic mass is 10.1. The second-order valence-electron chi connectivity index (χ2n) is 6.25. The van der Waals surface area contributed by atoms with Gasteiger partial charge in [-0.2, -0.15) is 0 Å². The highest BCUT2D eigenvalue weighted by Crippen LogP contribution is 2.34. The van der Waals surface area contributed by atoms with Crippen molar-refractivity contribution >= 4 is 5.82 Å². The van der Waals surface area contributed by atoms with Crippen LogP contribution in [0, 0.1) is 0 Å². The zero-order valence-electron chi connectivity index (χ0n) is 13.4. The molecule has 4 heteroatoms. The largest absolute Gasteiger partial charge is 0.387 e. The lowest BCUT2D eigenvalue weighted by Gasteiger charge is -2.27. The number of anilines is 1. The Hall–Kier alpha value is -1.91. The second kappa shape index (κ2) is 6.07. The number of nitrogens with zero attached hydrogens (tertiary/aromatic N) is 3. The Morgan fingerprint density at radius 3 is 2.55 bits per heavy atom. The Morgan fingerprint density at radius 1 is 1.14 bits per heavy atom. The molecule has 1 aromatic carbocycles. The fourth-order valence-corrected chi connectivity index (χ4v) is 3.13. The first-order chi connectivity index (χ1) is 10.6. The maximum atomic E-state index is 10.5. The molecule has 1 aliphatic rings. The second-order valence-corrected chi connectivity index (χ2v) is 6.25. The highest BCUT2D eigenvalue weighted by Gasteiger charge is 2.33. The molecule has 116 valence electrons. The topological polar surface area (TPSA) is 39.6 Å². The zero-order chi connectivity index (χ0) is 15.7. The summed E-state index contributed by atoms with van der Waals surface area (Å²) < 4.78 is 0. The number of aliphatic hydroxyl groups excluding tert-OH is 1. The number of benzene rings is 1. The molecular weight excluding hydrogens is 274 g/mol. The van der Waals surface area contributed by atoms with Crippen LogP contribution in [0.2, 0.25) is 0 Å². The van der Waals surface area contributed by atoms with Gasteiger partial charge >= 0.3 is 0 Å². The average Bonchev–Trinajstić information content (AvgIpc) is 2.85. The number of likely N-dealkylation sites (N-methyl/N-ethyl adjacent to an activating group) is 1. The van der Waals surface area contributed by atoms with E-state index in [1.807, 2.05) is 49.5 Å². The van der Waals surface area contributed by atoms with Crippen molar-refractivity contribution in [2.24, 2.45) is 0 Å². The van der Waals surface area contributed by atoms with Gasteiger partial charge in [0.1, 0.15) is 5.82 Å². The van der Waals surface area contributed by atoms with Gasteiger partial charge in [-0.3, -0.25) is 4.90 Å². The van der Waals surface area contributed by atoms with Gasteiger partial charge in [0.15, 0.2) is 0 Å². The molecule has 3 rings (SSSR count). The van der Waals surface area contributed by atoms with Crippen molar-refractivity contribution in [3.05, 3.63) is 59.3 Å². The van der Waals surface area contributed by atoms with E-state index in [4.69, 9.17) is 0 Å². The molecule has 0 saturated heterocycles. The van der Waals surface area contributed by atoms with Crippen LogP contribution >= 0.6 is 0 Å². The average molecular weight is 297 g/mol. The van der Waals surface area contributed by atoms with Crippen molar-refractivity contribution in [3.63, 3.8) is 0 Å². The van der Waals surface area contributed by atoms with Gasteiger partial charge in [0.05, 0.1) is 6.10 Å². The Bertz CT molecular complexity index is 639. The molecule has 2 atom stereocenters. The smallest absolute Gasteiger partial charge is 0.127 e. The molecule has 0 fully saturated rings. The summed E-state index contributed by atoms with van der Waals surface area (Å²) in [6.07, 6.45) is 2.41. The highest BCUT2D eigenvalue weighted by molar-refractivity contribution is 5.38. The van der Waals surface area contributed by atoms with Crippen LogP contribution in [0.4, 0.5) is 5.82 Å². The van der Waals surface area contributed by atoms with Crippen LogP contribution in [-0.2, 0) is 13.0 Å². The van der Waals surface area contributed by atoms with Gasteiger partial charge in [-0.15, -0.1) is 0 Å². The summed E-state index contributed by atoms with van der Waals surface area (Å²) in [6.45, 7) is 0.788. The molecular formula is C18H23N3O. The van der Waals surface area contributed by atoms with Gasteiger partial charge in [0, 0.05) is 32.9 Å². The Balaban J connectivity index is 1.69. The van der Waals surface area contributed by atoms with Crippen molar-refractivity contribution < 1.29 is 5.11 Å². The molecule has 1 aromatic heterocycles. The van der Waals surface area contributed by atoms with E-state index in [-0.39, 0.29) is 6.04 Å². The van der Waals surface area contributed by atoms with E-state index in [0.717, 1.165) is 29.9 Å². The first-order valence-electron chi connectivity index (χ1n) is 7.64. The maximum absolute atomic E-state index is 10.5. The van der Waals surface area contributed by atoms with Crippen molar-refractivity contribution in [2.45, 2.75) is 25.1 Å². The van der Waals surface area contributed by atoms with E-state index in [1.165, 1.54) is 5.56 Å².